The fourth-order valence-corrected chi connectivity index (χ4v) is 2.81. The van der Waals surface area contributed by atoms with E-state index in [0.29, 0.717) is 11.4 Å². The van der Waals surface area contributed by atoms with E-state index >= 15 is 0 Å². The minimum atomic E-state index is -4.79. The first-order valence-electron chi connectivity index (χ1n) is 8.87. The number of halogens is 3. The summed E-state index contributed by atoms with van der Waals surface area (Å²) >= 11 is 0. The molecule has 156 valence electrons. The molecule has 0 aliphatic heterocycles. The van der Waals surface area contributed by atoms with Gasteiger partial charge in [0.05, 0.1) is 12.6 Å². The Labute approximate surface area is 164 Å². The summed E-state index contributed by atoms with van der Waals surface area (Å²) in [6.07, 6.45) is -3.04. The van der Waals surface area contributed by atoms with Crippen LogP contribution in [0.25, 0.3) is 0 Å². The quantitative estimate of drug-likeness (QED) is 0.731. The number of nitrogens with zero attached hydrogens (tertiary/aromatic N) is 1. The van der Waals surface area contributed by atoms with Crippen LogP contribution in [0.15, 0.2) is 35.1 Å². The van der Waals surface area contributed by atoms with Gasteiger partial charge in [0.2, 0.25) is 0 Å². The van der Waals surface area contributed by atoms with Crippen LogP contribution in [-0.2, 0) is 10.2 Å². The van der Waals surface area contributed by atoms with Crippen molar-refractivity contribution in [2.24, 2.45) is 0 Å². The molecule has 1 atom stereocenters. The summed E-state index contributed by atoms with van der Waals surface area (Å²) in [7, 11) is 1.43. The first kappa shape index (κ1) is 20.8. The molecule has 10 heteroatoms. The van der Waals surface area contributed by atoms with Crippen LogP contribution in [0.2, 0.25) is 0 Å². The molecule has 1 aromatic heterocycles. The smallest absolute Gasteiger partial charge is 0.406 e. The first-order chi connectivity index (χ1) is 13.6. The highest BCUT2D eigenvalue weighted by Crippen LogP contribution is 2.45. The Bertz CT molecular complexity index is 937. The zero-order valence-corrected chi connectivity index (χ0v) is 15.8. The normalized spacial score (nSPS) is 16.2. The van der Waals surface area contributed by atoms with Gasteiger partial charge in [-0.25, -0.2) is 4.98 Å². The van der Waals surface area contributed by atoms with Gasteiger partial charge < -0.3 is 19.8 Å². The molecule has 29 heavy (non-hydrogen) atoms. The number of carbonyl (C=O) groups excluding carboxylic acids is 1. The van der Waals surface area contributed by atoms with Crippen molar-refractivity contribution in [2.75, 3.05) is 13.7 Å². The first-order valence-corrected chi connectivity index (χ1v) is 8.87. The summed E-state index contributed by atoms with van der Waals surface area (Å²) in [5, 5.41) is 2.70. The number of benzene rings is 1. The number of hydrogen-bond donors (Lipinski definition) is 2. The zero-order valence-electron chi connectivity index (χ0n) is 15.8. The highest BCUT2D eigenvalue weighted by molar-refractivity contribution is 5.92. The molecule has 7 nitrogen and oxygen atoms in total. The van der Waals surface area contributed by atoms with Crippen molar-refractivity contribution in [3.05, 3.63) is 57.8 Å². The van der Waals surface area contributed by atoms with E-state index in [9.17, 15) is 22.8 Å². The second-order valence-corrected chi connectivity index (χ2v) is 7.14. The molecule has 1 aliphatic carbocycles. The second-order valence-electron chi connectivity index (χ2n) is 7.14. The molecule has 0 bridgehead atoms. The molecule has 0 saturated heterocycles. The lowest BCUT2D eigenvalue weighted by Crippen LogP contribution is -2.33. The minimum absolute atomic E-state index is 0.0324. The third-order valence-corrected chi connectivity index (χ3v) is 4.70. The Morgan fingerprint density at radius 2 is 1.97 bits per heavy atom. The molecule has 1 fully saturated rings. The lowest BCUT2D eigenvalue weighted by atomic mass is 10.1. The third-order valence-electron chi connectivity index (χ3n) is 4.70. The highest BCUT2D eigenvalue weighted by atomic mass is 19.4. The van der Waals surface area contributed by atoms with Crippen molar-refractivity contribution < 1.29 is 27.4 Å². The molecule has 0 spiro atoms. The summed E-state index contributed by atoms with van der Waals surface area (Å²) in [6, 6.07) is 5.53. The Hall–Kier alpha value is -2.88. The maximum absolute atomic E-state index is 12.7. The number of amides is 1. The van der Waals surface area contributed by atoms with Crippen LogP contribution in [0.4, 0.5) is 13.2 Å². The van der Waals surface area contributed by atoms with Crippen LogP contribution in [0, 0.1) is 0 Å². The third kappa shape index (κ3) is 5.35. The summed E-state index contributed by atoms with van der Waals surface area (Å²) in [5.41, 5.74) is -0.176. The van der Waals surface area contributed by atoms with E-state index in [1.54, 1.807) is 0 Å². The number of ether oxygens (including phenoxy) is 2. The number of carbonyl (C=O) groups is 1. The van der Waals surface area contributed by atoms with Crippen molar-refractivity contribution in [1.29, 1.82) is 0 Å². The van der Waals surface area contributed by atoms with E-state index < -0.39 is 23.9 Å². The molecule has 1 heterocycles. The number of alkyl halides is 3. The predicted molar refractivity (Wildman–Crippen MR) is 96.7 cm³/mol. The van der Waals surface area contributed by atoms with Gasteiger partial charge in [-0.3, -0.25) is 9.59 Å². The van der Waals surface area contributed by atoms with Crippen LogP contribution >= 0.6 is 0 Å². The van der Waals surface area contributed by atoms with Gasteiger partial charge in [0.15, 0.2) is 0 Å². The highest BCUT2D eigenvalue weighted by Gasteiger charge is 2.42. The van der Waals surface area contributed by atoms with E-state index in [0.717, 1.165) is 31.0 Å². The van der Waals surface area contributed by atoms with Gasteiger partial charge in [-0.05, 0) is 30.5 Å². The average molecular weight is 411 g/mol. The molecule has 0 radical (unpaired) electrons. The topological polar surface area (TPSA) is 93.3 Å². The van der Waals surface area contributed by atoms with Crippen molar-refractivity contribution >= 4 is 5.91 Å². The number of aromatic nitrogens is 2. The molecule has 1 aliphatic rings. The molecular formula is C19H20F3N3O4. The van der Waals surface area contributed by atoms with Gasteiger partial charge in [-0.2, -0.15) is 0 Å². The van der Waals surface area contributed by atoms with Crippen LogP contribution in [0.3, 0.4) is 0 Å². The second kappa shape index (κ2) is 7.86. The molecule has 2 aromatic rings. The molecule has 0 unspecified atom stereocenters. The van der Waals surface area contributed by atoms with Crippen molar-refractivity contribution in [3.63, 3.8) is 0 Å². The Morgan fingerprint density at radius 1 is 1.31 bits per heavy atom. The van der Waals surface area contributed by atoms with E-state index in [4.69, 9.17) is 4.74 Å². The van der Waals surface area contributed by atoms with E-state index in [1.807, 2.05) is 6.92 Å². The molecule has 1 amide bonds. The molecule has 3 rings (SSSR count). The van der Waals surface area contributed by atoms with Crippen molar-refractivity contribution in [2.45, 2.75) is 37.6 Å². The zero-order chi connectivity index (χ0) is 21.2. The Morgan fingerprint density at radius 3 is 2.52 bits per heavy atom. The minimum Gasteiger partial charge on any atom is -0.406 e. The predicted octanol–water partition coefficient (Wildman–Crippen LogP) is 2.84. The van der Waals surface area contributed by atoms with Crippen LogP contribution in [-0.4, -0.2) is 36.0 Å². The Balaban J connectivity index is 1.77. The van der Waals surface area contributed by atoms with Crippen molar-refractivity contribution in [3.8, 4) is 5.75 Å². The van der Waals surface area contributed by atoms with E-state index in [2.05, 4.69) is 20.0 Å². The number of aromatic amines is 1. The molecular weight excluding hydrogens is 391 g/mol. The van der Waals surface area contributed by atoms with Gasteiger partial charge in [0.1, 0.15) is 17.3 Å². The number of hydrogen-bond acceptors (Lipinski definition) is 5. The van der Waals surface area contributed by atoms with Gasteiger partial charge in [-0.15, -0.1) is 13.2 Å². The number of H-pyrrole nitrogens is 1. The van der Waals surface area contributed by atoms with Gasteiger partial charge in [0, 0.05) is 18.6 Å². The maximum Gasteiger partial charge on any atom is 0.573 e. The molecule has 1 aromatic carbocycles. The fourth-order valence-electron chi connectivity index (χ4n) is 2.81. The van der Waals surface area contributed by atoms with Gasteiger partial charge in [-0.1, -0.05) is 19.1 Å². The van der Waals surface area contributed by atoms with Gasteiger partial charge in [0.25, 0.3) is 11.5 Å². The maximum atomic E-state index is 12.7. The molecule has 1 saturated carbocycles. The van der Waals surface area contributed by atoms with Crippen molar-refractivity contribution in [1.82, 2.24) is 15.3 Å². The summed E-state index contributed by atoms with van der Waals surface area (Å²) in [6.45, 7) is 2.02. The lowest BCUT2D eigenvalue weighted by Gasteiger charge is -2.19. The average Bonchev–Trinajstić information content (AvgIpc) is 3.39. The van der Waals surface area contributed by atoms with Gasteiger partial charge >= 0.3 is 6.36 Å². The fraction of sp³-hybridized carbons (Fsp3) is 0.421. The van der Waals surface area contributed by atoms with Crippen LogP contribution < -0.4 is 15.6 Å². The lowest BCUT2D eigenvalue weighted by molar-refractivity contribution is -0.274. The van der Waals surface area contributed by atoms with Crippen LogP contribution in [0.1, 0.15) is 47.7 Å². The number of rotatable bonds is 7. The summed E-state index contributed by atoms with van der Waals surface area (Å²) < 4.78 is 45.8. The summed E-state index contributed by atoms with van der Waals surface area (Å²) in [5.74, 6) is -0.492. The monoisotopic (exact) mass is 411 g/mol. The Kier molecular flexibility index (Phi) is 5.65. The van der Waals surface area contributed by atoms with Crippen LogP contribution in [0.5, 0.6) is 5.75 Å². The molecule has 2 N–H and O–H groups in total. The largest absolute Gasteiger partial charge is 0.573 e. The van der Waals surface area contributed by atoms with E-state index in [-0.39, 0.29) is 23.5 Å². The SMILES string of the molecule is COC[C@@H](NC(=O)c1cc(=O)[nH]c(C2(C)CC2)n1)c1ccc(OC(F)(F)F)cc1. The van der Waals surface area contributed by atoms with E-state index in [1.165, 1.54) is 19.2 Å². The number of nitrogens with one attached hydrogen (secondary N) is 2. The standard InChI is InChI=1S/C19H20F3N3O4/c1-18(7-8-18)17-24-13(9-15(26)25-17)16(27)23-14(10-28-2)11-3-5-12(6-4-11)29-19(20,21)22/h3-6,9,14H,7-8,10H2,1-2H3,(H,23,27)(H,24,25,26)/t14-/m1/s1. The number of methoxy groups -OCH3 is 1. The summed E-state index contributed by atoms with van der Waals surface area (Å²) in [4.78, 5) is 31.5.